The van der Waals surface area contributed by atoms with Crippen molar-refractivity contribution >= 4 is 11.9 Å². The van der Waals surface area contributed by atoms with Gasteiger partial charge in [0, 0.05) is 25.6 Å². The minimum atomic E-state index is -0.822. The smallest absolute Gasteiger partial charge is 0.303 e. The Morgan fingerprint density at radius 1 is 1.47 bits per heavy atom. The normalized spacial score (nSPS) is 19.4. The summed E-state index contributed by atoms with van der Waals surface area (Å²) in [5, 5.41) is 14.6. The molecule has 6 nitrogen and oxygen atoms in total. The zero-order valence-electron chi connectivity index (χ0n) is 11.7. The first-order valence-corrected chi connectivity index (χ1v) is 7.06. The highest BCUT2D eigenvalue weighted by Crippen LogP contribution is 2.09. The van der Waals surface area contributed by atoms with Gasteiger partial charge in [-0.2, -0.15) is 0 Å². The van der Waals surface area contributed by atoms with Gasteiger partial charge in [-0.3, -0.25) is 14.5 Å². The van der Waals surface area contributed by atoms with Crippen LogP contribution in [0.1, 0.15) is 32.6 Å². The van der Waals surface area contributed by atoms with Crippen molar-refractivity contribution in [1.29, 1.82) is 0 Å². The molecule has 0 saturated carbocycles. The first-order chi connectivity index (χ1) is 9.13. The Morgan fingerprint density at radius 2 is 2.26 bits per heavy atom. The molecule has 0 spiro atoms. The van der Waals surface area contributed by atoms with Gasteiger partial charge < -0.3 is 15.7 Å². The molecule has 0 bridgehead atoms. The van der Waals surface area contributed by atoms with Gasteiger partial charge in [0.05, 0.1) is 6.54 Å². The largest absolute Gasteiger partial charge is 0.481 e. The molecule has 0 radical (unpaired) electrons. The Labute approximate surface area is 114 Å². The summed E-state index contributed by atoms with van der Waals surface area (Å²) >= 11 is 0. The molecule has 1 atom stereocenters. The molecule has 1 fully saturated rings. The zero-order chi connectivity index (χ0) is 14.1. The highest BCUT2D eigenvalue weighted by Gasteiger charge is 2.21. The van der Waals surface area contributed by atoms with Gasteiger partial charge >= 0.3 is 5.97 Å². The van der Waals surface area contributed by atoms with E-state index in [-0.39, 0.29) is 12.3 Å². The number of carboxylic acid groups (broad SMARTS) is 1. The number of rotatable bonds is 8. The van der Waals surface area contributed by atoms with E-state index in [0.29, 0.717) is 25.6 Å². The lowest BCUT2D eigenvalue weighted by molar-refractivity contribution is -0.137. The van der Waals surface area contributed by atoms with Crippen LogP contribution in [0.4, 0.5) is 0 Å². The van der Waals surface area contributed by atoms with Crippen LogP contribution in [0.15, 0.2) is 0 Å². The number of hydrogen-bond donors (Lipinski definition) is 3. The maximum absolute atomic E-state index is 11.8. The average Bonchev–Trinajstić information content (AvgIpc) is 2.41. The Hall–Kier alpha value is -1.14. The van der Waals surface area contributed by atoms with E-state index in [1.54, 1.807) is 0 Å². The molecule has 1 saturated heterocycles. The molecule has 6 heteroatoms. The van der Waals surface area contributed by atoms with E-state index in [1.807, 2.05) is 0 Å². The zero-order valence-corrected chi connectivity index (χ0v) is 11.7. The van der Waals surface area contributed by atoms with Crippen LogP contribution >= 0.6 is 0 Å². The number of carbonyl (C=O) groups is 2. The minimum Gasteiger partial charge on any atom is -0.481 e. The van der Waals surface area contributed by atoms with Crippen LogP contribution in [0, 0.1) is 0 Å². The lowest BCUT2D eigenvalue weighted by Crippen LogP contribution is -2.49. The molecule has 110 valence electrons. The van der Waals surface area contributed by atoms with Crippen molar-refractivity contribution in [1.82, 2.24) is 15.5 Å². The van der Waals surface area contributed by atoms with Gasteiger partial charge in [0.25, 0.3) is 0 Å². The number of likely N-dealkylation sites (N-methyl/N-ethyl adjacent to an activating group) is 1. The number of carbonyl (C=O) groups excluding carboxylic acids is 1. The molecule has 0 aromatic carbocycles. The number of piperidine rings is 1. The van der Waals surface area contributed by atoms with Crippen LogP contribution in [0.5, 0.6) is 0 Å². The standard InChI is InChI=1S/C13H25N3O3/c1-2-16(11-5-3-7-14-9-11)10-12(17)15-8-4-6-13(18)19/h11,14H,2-10H2,1H3,(H,15,17)(H,18,19). The van der Waals surface area contributed by atoms with Crippen LogP contribution in [-0.2, 0) is 9.59 Å². The van der Waals surface area contributed by atoms with Crippen molar-refractivity contribution in [2.75, 3.05) is 32.7 Å². The highest BCUT2D eigenvalue weighted by atomic mass is 16.4. The van der Waals surface area contributed by atoms with Crippen molar-refractivity contribution in [3.05, 3.63) is 0 Å². The summed E-state index contributed by atoms with van der Waals surface area (Å²) in [6, 6.07) is 0.434. The SMILES string of the molecule is CCN(CC(=O)NCCCC(=O)O)C1CCCNC1. The topological polar surface area (TPSA) is 81.7 Å². The fourth-order valence-electron chi connectivity index (χ4n) is 2.35. The molecule has 1 heterocycles. The van der Waals surface area contributed by atoms with Crippen LogP contribution in [0.25, 0.3) is 0 Å². The molecule has 3 N–H and O–H groups in total. The third-order valence-corrected chi connectivity index (χ3v) is 3.43. The number of hydrogen-bond acceptors (Lipinski definition) is 4. The van der Waals surface area contributed by atoms with Gasteiger partial charge in [0.1, 0.15) is 0 Å². The first-order valence-electron chi connectivity index (χ1n) is 7.06. The average molecular weight is 271 g/mol. The van der Waals surface area contributed by atoms with E-state index in [1.165, 1.54) is 0 Å². The second-order valence-corrected chi connectivity index (χ2v) is 4.91. The molecule has 0 aliphatic carbocycles. The van der Waals surface area contributed by atoms with Crippen LogP contribution in [0.3, 0.4) is 0 Å². The second-order valence-electron chi connectivity index (χ2n) is 4.91. The van der Waals surface area contributed by atoms with Crippen molar-refractivity contribution in [2.45, 2.75) is 38.6 Å². The molecule has 1 aliphatic rings. The second kappa shape index (κ2) is 8.87. The van der Waals surface area contributed by atoms with Crippen LogP contribution in [-0.4, -0.2) is 60.6 Å². The third kappa shape index (κ3) is 6.54. The minimum absolute atomic E-state index is 0.0159. The summed E-state index contributed by atoms with van der Waals surface area (Å²) in [5.41, 5.74) is 0. The number of nitrogens with zero attached hydrogens (tertiary/aromatic N) is 1. The molecule has 1 rings (SSSR count). The van der Waals surface area contributed by atoms with E-state index in [2.05, 4.69) is 22.5 Å². The lowest BCUT2D eigenvalue weighted by Gasteiger charge is -2.33. The van der Waals surface area contributed by atoms with E-state index in [9.17, 15) is 9.59 Å². The van der Waals surface area contributed by atoms with Gasteiger partial charge in [0.2, 0.25) is 5.91 Å². The van der Waals surface area contributed by atoms with Crippen molar-refractivity contribution in [2.24, 2.45) is 0 Å². The van der Waals surface area contributed by atoms with Crippen molar-refractivity contribution in [3.63, 3.8) is 0 Å². The quantitative estimate of drug-likeness (QED) is 0.543. The monoisotopic (exact) mass is 271 g/mol. The number of carboxylic acids is 1. The molecule has 0 aromatic heterocycles. The molecule has 19 heavy (non-hydrogen) atoms. The first kappa shape index (κ1) is 15.9. The predicted octanol–water partition coefficient (Wildman–Crippen LogP) is 0.0413. The summed E-state index contributed by atoms with van der Waals surface area (Å²) in [6.07, 6.45) is 2.87. The van der Waals surface area contributed by atoms with Gasteiger partial charge in [-0.05, 0) is 32.4 Å². The molecule has 1 aliphatic heterocycles. The Morgan fingerprint density at radius 3 is 2.84 bits per heavy atom. The fraction of sp³-hybridized carbons (Fsp3) is 0.846. The summed E-state index contributed by atoms with van der Waals surface area (Å²) < 4.78 is 0. The Bertz CT molecular complexity index is 291. The summed E-state index contributed by atoms with van der Waals surface area (Å²) in [4.78, 5) is 24.3. The molecule has 1 amide bonds. The van der Waals surface area contributed by atoms with Gasteiger partial charge in [-0.15, -0.1) is 0 Å². The van der Waals surface area contributed by atoms with Gasteiger partial charge in [-0.25, -0.2) is 0 Å². The van der Waals surface area contributed by atoms with E-state index in [0.717, 1.165) is 32.5 Å². The predicted molar refractivity (Wildman–Crippen MR) is 73.0 cm³/mol. The summed E-state index contributed by atoms with van der Waals surface area (Å²) in [6.45, 7) is 5.76. The fourth-order valence-corrected chi connectivity index (χ4v) is 2.35. The van der Waals surface area contributed by atoms with E-state index < -0.39 is 5.97 Å². The maximum Gasteiger partial charge on any atom is 0.303 e. The van der Waals surface area contributed by atoms with Crippen molar-refractivity contribution < 1.29 is 14.7 Å². The van der Waals surface area contributed by atoms with E-state index >= 15 is 0 Å². The summed E-state index contributed by atoms with van der Waals surface area (Å²) in [7, 11) is 0. The van der Waals surface area contributed by atoms with Crippen molar-refractivity contribution in [3.8, 4) is 0 Å². The van der Waals surface area contributed by atoms with Crippen LogP contribution in [0.2, 0.25) is 0 Å². The maximum atomic E-state index is 11.8. The Balaban J connectivity index is 2.22. The number of nitrogens with one attached hydrogen (secondary N) is 2. The molecule has 1 unspecified atom stereocenters. The number of aliphatic carboxylic acids is 1. The lowest BCUT2D eigenvalue weighted by atomic mass is 10.1. The summed E-state index contributed by atoms with van der Waals surface area (Å²) in [5.74, 6) is -0.837. The molecular weight excluding hydrogens is 246 g/mol. The van der Waals surface area contributed by atoms with Gasteiger partial charge in [0.15, 0.2) is 0 Å². The Kier molecular flexibility index (Phi) is 7.43. The molecular formula is C13H25N3O3. The third-order valence-electron chi connectivity index (χ3n) is 3.43. The number of amides is 1. The van der Waals surface area contributed by atoms with E-state index in [4.69, 9.17) is 5.11 Å². The van der Waals surface area contributed by atoms with Crippen LogP contribution < -0.4 is 10.6 Å². The van der Waals surface area contributed by atoms with Gasteiger partial charge in [-0.1, -0.05) is 6.92 Å². The molecule has 0 aromatic rings. The highest BCUT2D eigenvalue weighted by molar-refractivity contribution is 5.78.